The summed E-state index contributed by atoms with van der Waals surface area (Å²) < 4.78 is 5.88. The van der Waals surface area contributed by atoms with Crippen LogP contribution >= 0.6 is 0 Å². The highest BCUT2D eigenvalue weighted by Crippen LogP contribution is 2.41. The fourth-order valence-electron chi connectivity index (χ4n) is 4.16. The number of fused-ring (bicyclic) bond motifs is 1. The zero-order valence-electron chi connectivity index (χ0n) is 15.9. The average Bonchev–Trinajstić information content (AvgIpc) is 3.50. The summed E-state index contributed by atoms with van der Waals surface area (Å²) in [5.74, 6) is 0.842. The summed E-state index contributed by atoms with van der Waals surface area (Å²) >= 11 is 0. The topological polar surface area (TPSA) is 58.4 Å². The van der Waals surface area contributed by atoms with Crippen molar-refractivity contribution in [1.29, 1.82) is 0 Å². The minimum Gasteiger partial charge on any atom is -0.423 e. The maximum Gasteiger partial charge on any atom is 0.298 e. The summed E-state index contributed by atoms with van der Waals surface area (Å²) in [6, 6.07) is 19.0. The minimum absolute atomic E-state index is 0.0607. The summed E-state index contributed by atoms with van der Waals surface area (Å²) in [4.78, 5) is 19.7. The number of benzene rings is 2. The fraction of sp³-hybridized carbons (Fsp3) is 0.391. The predicted octanol–water partition coefficient (Wildman–Crippen LogP) is 4.31. The van der Waals surface area contributed by atoms with Gasteiger partial charge in [-0.25, -0.2) is 0 Å². The van der Waals surface area contributed by atoms with Crippen LogP contribution in [0, 0.1) is 11.8 Å². The van der Waals surface area contributed by atoms with E-state index in [1.54, 1.807) is 0 Å². The van der Waals surface area contributed by atoms with Crippen LogP contribution in [0.25, 0.3) is 11.1 Å². The molecule has 2 aromatic carbocycles. The van der Waals surface area contributed by atoms with Crippen LogP contribution in [-0.2, 0) is 4.79 Å². The molecule has 1 saturated carbocycles. The normalized spacial score (nSPS) is 18.9. The highest BCUT2D eigenvalue weighted by molar-refractivity contribution is 5.79. The SMILES string of the molecule is O=C(NC(c1ccccc1)C1CC1)C1CCN(c2nc3ccccc3o2)CC1. The second-order valence-electron chi connectivity index (χ2n) is 7.96. The standard InChI is InChI=1S/C23H25N3O2/c27-22(25-21(17-10-11-17)16-6-2-1-3-7-16)18-12-14-26(15-13-18)23-24-19-8-4-5-9-20(19)28-23/h1-9,17-18,21H,10-15H2,(H,25,27). The molecule has 1 amide bonds. The van der Waals surface area contributed by atoms with E-state index < -0.39 is 0 Å². The zero-order chi connectivity index (χ0) is 18.9. The maximum atomic E-state index is 12.9. The Bertz CT molecular complexity index is 923. The molecule has 1 unspecified atom stereocenters. The van der Waals surface area contributed by atoms with Crippen LogP contribution in [0.1, 0.15) is 37.3 Å². The van der Waals surface area contributed by atoms with Crippen molar-refractivity contribution in [3.63, 3.8) is 0 Å². The van der Waals surface area contributed by atoms with E-state index in [1.165, 1.54) is 18.4 Å². The van der Waals surface area contributed by atoms with Crippen LogP contribution in [0.4, 0.5) is 6.01 Å². The summed E-state index contributed by atoms with van der Waals surface area (Å²) in [5.41, 5.74) is 2.92. The molecule has 1 saturated heterocycles. The number of hydrogen-bond acceptors (Lipinski definition) is 4. The Labute approximate surface area is 164 Å². The Morgan fingerprint density at radius 3 is 2.43 bits per heavy atom. The zero-order valence-corrected chi connectivity index (χ0v) is 15.9. The maximum absolute atomic E-state index is 12.9. The van der Waals surface area contributed by atoms with Crippen molar-refractivity contribution in [2.24, 2.45) is 11.8 Å². The van der Waals surface area contributed by atoms with Gasteiger partial charge in [0.25, 0.3) is 6.01 Å². The van der Waals surface area contributed by atoms with E-state index in [9.17, 15) is 4.79 Å². The molecule has 5 heteroatoms. The van der Waals surface area contributed by atoms with Crippen LogP contribution < -0.4 is 10.2 Å². The Kier molecular flexibility index (Phi) is 4.51. The van der Waals surface area contributed by atoms with Crippen LogP contribution in [-0.4, -0.2) is 24.0 Å². The first-order valence-electron chi connectivity index (χ1n) is 10.2. The van der Waals surface area contributed by atoms with Gasteiger partial charge in [-0.2, -0.15) is 4.98 Å². The lowest BCUT2D eigenvalue weighted by atomic mass is 9.94. The van der Waals surface area contributed by atoms with Gasteiger partial charge < -0.3 is 14.6 Å². The monoisotopic (exact) mass is 375 g/mol. The number of hydrogen-bond donors (Lipinski definition) is 1. The third kappa shape index (κ3) is 3.49. The van der Waals surface area contributed by atoms with Crippen LogP contribution in [0.5, 0.6) is 0 Å². The molecule has 1 atom stereocenters. The molecule has 2 fully saturated rings. The number of amides is 1. The van der Waals surface area contributed by atoms with Crippen molar-refractivity contribution in [2.45, 2.75) is 31.7 Å². The lowest BCUT2D eigenvalue weighted by molar-refractivity contribution is -0.126. The first-order valence-corrected chi connectivity index (χ1v) is 10.2. The van der Waals surface area contributed by atoms with Crippen molar-refractivity contribution >= 4 is 23.0 Å². The molecule has 3 aromatic rings. The molecular weight excluding hydrogens is 350 g/mol. The molecule has 2 aliphatic rings. The van der Waals surface area contributed by atoms with Gasteiger partial charge in [-0.15, -0.1) is 0 Å². The third-order valence-corrected chi connectivity index (χ3v) is 5.97. The number of carbonyl (C=O) groups is 1. The first-order chi connectivity index (χ1) is 13.8. The molecule has 1 N–H and O–H groups in total. The Hall–Kier alpha value is -2.82. The Morgan fingerprint density at radius 1 is 1.00 bits per heavy atom. The van der Waals surface area contributed by atoms with Gasteiger partial charge in [0.1, 0.15) is 5.52 Å². The average molecular weight is 375 g/mol. The second-order valence-corrected chi connectivity index (χ2v) is 7.96. The van der Waals surface area contributed by atoms with Crippen LogP contribution in [0.15, 0.2) is 59.0 Å². The smallest absolute Gasteiger partial charge is 0.298 e. The molecule has 5 nitrogen and oxygen atoms in total. The number of piperidine rings is 1. The van der Waals surface area contributed by atoms with E-state index in [0.717, 1.165) is 37.0 Å². The third-order valence-electron chi connectivity index (χ3n) is 5.97. The number of nitrogens with one attached hydrogen (secondary N) is 1. The highest BCUT2D eigenvalue weighted by atomic mass is 16.4. The lowest BCUT2D eigenvalue weighted by Gasteiger charge is -2.31. The van der Waals surface area contributed by atoms with Gasteiger partial charge in [0.15, 0.2) is 5.58 Å². The van der Waals surface area contributed by atoms with Crippen LogP contribution in [0.2, 0.25) is 0 Å². The molecule has 5 rings (SSSR count). The molecule has 0 bridgehead atoms. The van der Waals surface area contributed by atoms with E-state index in [0.29, 0.717) is 11.9 Å². The number of rotatable bonds is 5. The number of nitrogens with zero attached hydrogens (tertiary/aromatic N) is 2. The van der Waals surface area contributed by atoms with Crippen molar-refractivity contribution in [3.05, 3.63) is 60.2 Å². The number of carbonyl (C=O) groups excluding carboxylic acids is 1. The number of oxazole rings is 1. The van der Waals surface area contributed by atoms with Gasteiger partial charge in [0.05, 0.1) is 6.04 Å². The molecular formula is C23H25N3O2. The van der Waals surface area contributed by atoms with Gasteiger partial charge in [0.2, 0.25) is 5.91 Å². The Morgan fingerprint density at radius 2 is 1.71 bits per heavy atom. The quantitative estimate of drug-likeness (QED) is 0.722. The summed E-state index contributed by atoms with van der Waals surface area (Å²) in [6.45, 7) is 1.59. The first kappa shape index (κ1) is 17.3. The summed E-state index contributed by atoms with van der Waals surface area (Å²) in [6.07, 6.45) is 4.07. The molecule has 0 spiro atoms. The van der Waals surface area contributed by atoms with E-state index in [2.05, 4.69) is 39.5 Å². The number of para-hydroxylation sites is 2. The fourth-order valence-corrected chi connectivity index (χ4v) is 4.16. The van der Waals surface area contributed by atoms with Crippen molar-refractivity contribution in [1.82, 2.24) is 10.3 Å². The molecule has 28 heavy (non-hydrogen) atoms. The molecule has 1 aliphatic carbocycles. The molecule has 144 valence electrons. The number of aromatic nitrogens is 1. The highest BCUT2D eigenvalue weighted by Gasteiger charge is 2.35. The number of anilines is 1. The molecule has 1 aromatic heterocycles. The van der Waals surface area contributed by atoms with Crippen molar-refractivity contribution < 1.29 is 9.21 Å². The van der Waals surface area contributed by atoms with E-state index in [-0.39, 0.29) is 17.9 Å². The van der Waals surface area contributed by atoms with Gasteiger partial charge in [-0.05, 0) is 49.3 Å². The van der Waals surface area contributed by atoms with Crippen LogP contribution in [0.3, 0.4) is 0 Å². The molecule has 0 radical (unpaired) electrons. The van der Waals surface area contributed by atoms with E-state index >= 15 is 0 Å². The lowest BCUT2D eigenvalue weighted by Crippen LogP contribution is -2.42. The summed E-state index contributed by atoms with van der Waals surface area (Å²) in [7, 11) is 0. The molecule has 1 aliphatic heterocycles. The van der Waals surface area contributed by atoms with Crippen molar-refractivity contribution in [3.8, 4) is 0 Å². The van der Waals surface area contributed by atoms with Gasteiger partial charge in [0, 0.05) is 19.0 Å². The Balaban J connectivity index is 1.22. The van der Waals surface area contributed by atoms with E-state index in [1.807, 2.05) is 30.3 Å². The van der Waals surface area contributed by atoms with Gasteiger partial charge >= 0.3 is 0 Å². The largest absolute Gasteiger partial charge is 0.423 e. The van der Waals surface area contributed by atoms with Gasteiger partial charge in [-0.3, -0.25) is 4.79 Å². The van der Waals surface area contributed by atoms with Crippen molar-refractivity contribution in [2.75, 3.05) is 18.0 Å². The van der Waals surface area contributed by atoms with E-state index in [4.69, 9.17) is 4.42 Å². The second kappa shape index (κ2) is 7.30. The predicted molar refractivity (Wildman–Crippen MR) is 109 cm³/mol. The minimum atomic E-state index is 0.0607. The molecule has 2 heterocycles. The van der Waals surface area contributed by atoms with Gasteiger partial charge in [-0.1, -0.05) is 42.5 Å². The summed E-state index contributed by atoms with van der Waals surface area (Å²) in [5, 5.41) is 3.34.